The Hall–Kier alpha value is -1.36. The average Bonchev–Trinajstić information content (AvgIpc) is 2.34. The fourth-order valence-electron chi connectivity index (χ4n) is 1.79. The Kier molecular flexibility index (Phi) is 3.47. The van der Waals surface area contributed by atoms with Crippen LogP contribution in [0.2, 0.25) is 0 Å². The molecule has 4 nitrogen and oxygen atoms in total. The van der Waals surface area contributed by atoms with E-state index in [0.29, 0.717) is 6.54 Å². The lowest BCUT2D eigenvalue weighted by atomic mass is 10.0. The summed E-state index contributed by atoms with van der Waals surface area (Å²) < 4.78 is 5.64. The summed E-state index contributed by atoms with van der Waals surface area (Å²) in [7, 11) is 1.34. The maximum Gasteiger partial charge on any atom is 0.329 e. The molecule has 90 valence electrons. The van der Waals surface area contributed by atoms with Crippen LogP contribution in [-0.4, -0.2) is 29.9 Å². The largest absolute Gasteiger partial charge is 0.467 e. The molecule has 0 unspecified atom stereocenters. The summed E-state index contributed by atoms with van der Waals surface area (Å²) in [5.41, 5.74) is 0.996. The highest BCUT2D eigenvalue weighted by molar-refractivity contribution is 9.10. The molecule has 17 heavy (non-hydrogen) atoms. The number of benzene rings is 1. The number of likely N-dealkylation sites (tertiary alicyclic amines) is 1. The lowest BCUT2D eigenvalue weighted by molar-refractivity contribution is -0.165. The molecule has 5 heteroatoms. The molecule has 0 aliphatic carbocycles. The van der Waals surface area contributed by atoms with E-state index in [9.17, 15) is 9.59 Å². The standard InChI is InChI=1S/C12H12BrNO3/c1-17-12(16)10-6-11(15)14(10)7-8-2-4-9(13)5-3-8/h2-5,10H,6-7H2,1H3/t10-/m1/s1. The second-order valence-corrected chi connectivity index (χ2v) is 4.81. The maximum atomic E-state index is 11.4. The van der Waals surface area contributed by atoms with Crippen LogP contribution in [0, 0.1) is 0 Å². The van der Waals surface area contributed by atoms with Crippen LogP contribution in [-0.2, 0) is 20.9 Å². The quantitative estimate of drug-likeness (QED) is 0.630. The van der Waals surface area contributed by atoms with Gasteiger partial charge in [0.15, 0.2) is 0 Å². The normalized spacial score (nSPS) is 18.8. The highest BCUT2D eigenvalue weighted by Crippen LogP contribution is 2.23. The molecule has 1 aliphatic rings. The topological polar surface area (TPSA) is 46.6 Å². The number of esters is 1. The van der Waals surface area contributed by atoms with Gasteiger partial charge in [-0.25, -0.2) is 4.79 Å². The van der Waals surface area contributed by atoms with Gasteiger partial charge in [-0.15, -0.1) is 0 Å². The third-order valence-electron chi connectivity index (χ3n) is 2.80. The van der Waals surface area contributed by atoms with Crippen LogP contribution in [0.5, 0.6) is 0 Å². The summed E-state index contributed by atoms with van der Waals surface area (Å²) in [6, 6.07) is 7.24. The molecule has 1 aliphatic heterocycles. The van der Waals surface area contributed by atoms with Gasteiger partial charge in [0.2, 0.25) is 5.91 Å². The molecule has 1 amide bonds. The molecule has 0 bridgehead atoms. The number of ether oxygens (including phenoxy) is 1. The molecule has 1 heterocycles. The van der Waals surface area contributed by atoms with Gasteiger partial charge in [-0.1, -0.05) is 28.1 Å². The first kappa shape index (κ1) is 12.1. The van der Waals surface area contributed by atoms with Gasteiger partial charge in [0, 0.05) is 11.0 Å². The number of hydrogen-bond acceptors (Lipinski definition) is 3. The second kappa shape index (κ2) is 4.87. The van der Waals surface area contributed by atoms with Gasteiger partial charge >= 0.3 is 5.97 Å². The van der Waals surface area contributed by atoms with Crippen molar-refractivity contribution in [2.24, 2.45) is 0 Å². The van der Waals surface area contributed by atoms with E-state index in [1.165, 1.54) is 12.0 Å². The Morgan fingerprint density at radius 2 is 2.12 bits per heavy atom. The smallest absolute Gasteiger partial charge is 0.329 e. The first-order valence-corrected chi connectivity index (χ1v) is 6.03. The van der Waals surface area contributed by atoms with Crippen molar-refractivity contribution in [2.45, 2.75) is 19.0 Å². The van der Waals surface area contributed by atoms with Crippen molar-refractivity contribution in [3.8, 4) is 0 Å². The minimum atomic E-state index is -0.420. The monoisotopic (exact) mass is 297 g/mol. The molecule has 2 rings (SSSR count). The Balaban J connectivity index is 2.04. The number of hydrogen-bond donors (Lipinski definition) is 0. The highest BCUT2D eigenvalue weighted by atomic mass is 79.9. The maximum absolute atomic E-state index is 11.4. The van der Waals surface area contributed by atoms with E-state index < -0.39 is 6.04 Å². The molecule has 1 fully saturated rings. The minimum absolute atomic E-state index is 0.0108. The second-order valence-electron chi connectivity index (χ2n) is 3.89. The zero-order chi connectivity index (χ0) is 12.4. The molecule has 0 saturated carbocycles. The van der Waals surface area contributed by atoms with Crippen LogP contribution >= 0.6 is 15.9 Å². The number of rotatable bonds is 3. The molecule has 1 aromatic carbocycles. The zero-order valence-corrected chi connectivity index (χ0v) is 10.9. The molecule has 1 atom stereocenters. The fraction of sp³-hybridized carbons (Fsp3) is 0.333. The van der Waals surface area contributed by atoms with Gasteiger partial charge in [0.05, 0.1) is 13.5 Å². The summed E-state index contributed by atoms with van der Waals surface area (Å²) in [5.74, 6) is -0.356. The SMILES string of the molecule is COC(=O)[C@H]1CC(=O)N1Cc1ccc(Br)cc1. The summed E-state index contributed by atoms with van der Waals surface area (Å²) >= 11 is 3.35. The van der Waals surface area contributed by atoms with Crippen molar-refractivity contribution in [3.63, 3.8) is 0 Å². The molecule has 1 aromatic rings. The van der Waals surface area contributed by atoms with Gasteiger partial charge in [-0.3, -0.25) is 4.79 Å². The average molecular weight is 298 g/mol. The van der Waals surface area contributed by atoms with Gasteiger partial charge < -0.3 is 9.64 Å². The Bertz CT molecular complexity index is 444. The molecule has 0 radical (unpaired) electrons. The number of β-lactam (4-membered cyclic amide) rings is 1. The summed E-state index contributed by atoms with van der Waals surface area (Å²) in [5, 5.41) is 0. The third-order valence-corrected chi connectivity index (χ3v) is 3.33. The lowest BCUT2D eigenvalue weighted by Crippen LogP contribution is -2.56. The van der Waals surface area contributed by atoms with Crippen LogP contribution in [0.1, 0.15) is 12.0 Å². The van der Waals surface area contributed by atoms with Gasteiger partial charge in [0.1, 0.15) is 6.04 Å². The van der Waals surface area contributed by atoms with Crippen molar-refractivity contribution >= 4 is 27.8 Å². The van der Waals surface area contributed by atoms with Crippen molar-refractivity contribution in [3.05, 3.63) is 34.3 Å². The van der Waals surface area contributed by atoms with Crippen LogP contribution in [0.3, 0.4) is 0 Å². The predicted molar refractivity (Wildman–Crippen MR) is 65.1 cm³/mol. The van der Waals surface area contributed by atoms with Gasteiger partial charge in [-0.05, 0) is 17.7 Å². The molecular weight excluding hydrogens is 286 g/mol. The van der Waals surface area contributed by atoms with E-state index in [-0.39, 0.29) is 18.3 Å². The van der Waals surface area contributed by atoms with E-state index in [1.807, 2.05) is 24.3 Å². The van der Waals surface area contributed by atoms with Gasteiger partial charge in [-0.2, -0.15) is 0 Å². The van der Waals surface area contributed by atoms with Gasteiger partial charge in [0.25, 0.3) is 0 Å². The number of nitrogens with zero attached hydrogens (tertiary/aromatic N) is 1. The van der Waals surface area contributed by atoms with Crippen LogP contribution < -0.4 is 0 Å². The molecule has 0 N–H and O–H groups in total. The summed E-state index contributed by atoms with van der Waals surface area (Å²) in [6.45, 7) is 0.450. The summed E-state index contributed by atoms with van der Waals surface area (Å²) in [6.07, 6.45) is 0.253. The first-order chi connectivity index (χ1) is 8.11. The zero-order valence-electron chi connectivity index (χ0n) is 9.35. The minimum Gasteiger partial charge on any atom is -0.467 e. The molecule has 0 aromatic heterocycles. The number of halogens is 1. The van der Waals surface area contributed by atoms with Crippen molar-refractivity contribution < 1.29 is 14.3 Å². The van der Waals surface area contributed by atoms with Crippen molar-refractivity contribution in [1.29, 1.82) is 0 Å². The van der Waals surface area contributed by atoms with E-state index in [4.69, 9.17) is 0 Å². The number of methoxy groups -OCH3 is 1. The Morgan fingerprint density at radius 3 is 2.65 bits per heavy atom. The van der Waals surface area contributed by atoms with E-state index in [0.717, 1.165) is 10.0 Å². The fourth-order valence-corrected chi connectivity index (χ4v) is 2.05. The van der Waals surface area contributed by atoms with E-state index >= 15 is 0 Å². The van der Waals surface area contributed by atoms with Crippen LogP contribution in [0.15, 0.2) is 28.7 Å². The lowest BCUT2D eigenvalue weighted by Gasteiger charge is -2.38. The van der Waals surface area contributed by atoms with E-state index in [1.54, 1.807) is 0 Å². The van der Waals surface area contributed by atoms with Crippen molar-refractivity contribution in [2.75, 3.05) is 7.11 Å². The molecule has 1 saturated heterocycles. The molecular formula is C12H12BrNO3. The number of carbonyl (C=O) groups excluding carboxylic acids is 2. The van der Waals surface area contributed by atoms with Crippen LogP contribution in [0.25, 0.3) is 0 Å². The predicted octanol–water partition coefficient (Wildman–Crippen LogP) is 1.72. The number of amides is 1. The third kappa shape index (κ3) is 2.49. The van der Waals surface area contributed by atoms with E-state index in [2.05, 4.69) is 20.7 Å². The molecule has 0 spiro atoms. The number of carbonyl (C=O) groups is 2. The Morgan fingerprint density at radius 1 is 1.47 bits per heavy atom. The van der Waals surface area contributed by atoms with Crippen molar-refractivity contribution in [1.82, 2.24) is 4.90 Å². The first-order valence-electron chi connectivity index (χ1n) is 5.23. The summed E-state index contributed by atoms with van der Waals surface area (Å²) in [4.78, 5) is 24.3. The highest BCUT2D eigenvalue weighted by Gasteiger charge is 2.41. The van der Waals surface area contributed by atoms with Crippen LogP contribution in [0.4, 0.5) is 0 Å². The Labute approximate surface area is 108 Å².